The van der Waals surface area contributed by atoms with Crippen LogP contribution >= 0.6 is 23.4 Å². The maximum atomic E-state index is 12.7. The molecule has 152 valence electrons. The Morgan fingerprint density at radius 2 is 2.00 bits per heavy atom. The molecule has 29 heavy (non-hydrogen) atoms. The number of carbonyl (C=O) groups is 2. The van der Waals surface area contributed by atoms with Crippen LogP contribution in [0.25, 0.3) is 0 Å². The van der Waals surface area contributed by atoms with Crippen LogP contribution in [0.15, 0.2) is 53.5 Å². The molecule has 2 amide bonds. The van der Waals surface area contributed by atoms with E-state index in [-0.39, 0.29) is 18.2 Å². The second-order valence-electron chi connectivity index (χ2n) is 6.84. The van der Waals surface area contributed by atoms with Gasteiger partial charge in [-0.2, -0.15) is 0 Å². The third kappa shape index (κ3) is 6.34. The number of rotatable bonds is 6. The molecule has 2 aromatic carbocycles. The van der Waals surface area contributed by atoms with Gasteiger partial charge in [0.1, 0.15) is 0 Å². The molecule has 0 aromatic heterocycles. The Kier molecular flexibility index (Phi) is 7.72. The molecule has 3 rings (SSSR count). The minimum Gasteiger partial charge on any atom is -0.355 e. The smallest absolute Gasteiger partial charge is 0.230 e. The summed E-state index contributed by atoms with van der Waals surface area (Å²) in [4.78, 5) is 31.1. The molecule has 0 saturated carbocycles. The third-order valence-electron chi connectivity index (χ3n) is 4.54. The molecule has 1 N–H and O–H groups in total. The number of nitrogens with one attached hydrogen (secondary N) is 1. The largest absolute Gasteiger partial charge is 0.355 e. The first-order chi connectivity index (χ1) is 14.0. The van der Waals surface area contributed by atoms with E-state index in [1.165, 1.54) is 0 Å². The van der Waals surface area contributed by atoms with Crippen molar-refractivity contribution in [2.45, 2.75) is 26.2 Å². The van der Waals surface area contributed by atoms with Gasteiger partial charge in [-0.05, 0) is 36.6 Å². The lowest BCUT2D eigenvalue weighted by Crippen LogP contribution is -2.40. The molecule has 1 aliphatic heterocycles. The monoisotopic (exact) mass is 429 g/mol. The molecule has 0 unspecified atom stereocenters. The van der Waals surface area contributed by atoms with Crippen molar-refractivity contribution in [1.29, 1.82) is 0 Å². The fourth-order valence-electron chi connectivity index (χ4n) is 2.93. The maximum absolute atomic E-state index is 12.7. The molecule has 1 heterocycles. The third-order valence-corrected chi connectivity index (χ3v) is 6.01. The van der Waals surface area contributed by atoms with Crippen LogP contribution in [-0.2, 0) is 16.0 Å². The number of aryl methyl sites for hydroxylation is 1. The van der Waals surface area contributed by atoms with Crippen molar-refractivity contribution in [1.82, 2.24) is 10.2 Å². The first-order valence-corrected chi connectivity index (χ1v) is 11.0. The van der Waals surface area contributed by atoms with Crippen molar-refractivity contribution in [2.75, 3.05) is 18.8 Å². The van der Waals surface area contributed by atoms with Gasteiger partial charge < -0.3 is 5.32 Å². The van der Waals surface area contributed by atoms with Crippen LogP contribution in [-0.4, -0.2) is 40.7 Å². The predicted molar refractivity (Wildman–Crippen MR) is 120 cm³/mol. The summed E-state index contributed by atoms with van der Waals surface area (Å²) in [6.07, 6.45) is 1.48. The number of amidine groups is 1. The highest BCUT2D eigenvalue weighted by atomic mass is 35.5. The summed E-state index contributed by atoms with van der Waals surface area (Å²) in [6, 6.07) is 15.2. The van der Waals surface area contributed by atoms with Gasteiger partial charge in [0, 0.05) is 30.3 Å². The first-order valence-electron chi connectivity index (χ1n) is 9.61. The highest BCUT2D eigenvalue weighted by Gasteiger charge is 2.23. The van der Waals surface area contributed by atoms with Gasteiger partial charge in [-0.1, -0.05) is 59.8 Å². The van der Waals surface area contributed by atoms with Crippen molar-refractivity contribution >= 4 is 46.0 Å². The topological polar surface area (TPSA) is 61.8 Å². The Hall–Kier alpha value is -2.31. The molecule has 0 aliphatic carbocycles. The van der Waals surface area contributed by atoms with Crippen molar-refractivity contribution in [3.8, 4) is 0 Å². The minimum atomic E-state index is -0.0831. The van der Waals surface area contributed by atoms with E-state index in [4.69, 9.17) is 11.6 Å². The molecule has 5 nitrogen and oxygen atoms in total. The normalized spacial score (nSPS) is 15.4. The Balaban J connectivity index is 1.55. The van der Waals surface area contributed by atoms with Crippen LogP contribution in [0.4, 0.5) is 5.69 Å². The molecule has 0 radical (unpaired) electrons. The van der Waals surface area contributed by atoms with Crippen molar-refractivity contribution in [3.63, 3.8) is 0 Å². The van der Waals surface area contributed by atoms with Crippen LogP contribution in [0.2, 0.25) is 5.02 Å². The summed E-state index contributed by atoms with van der Waals surface area (Å²) in [5, 5.41) is 4.18. The van der Waals surface area contributed by atoms with E-state index in [0.717, 1.165) is 29.0 Å². The molecular formula is C22H24ClN3O2S. The molecular weight excluding hydrogens is 406 g/mol. The Labute approximate surface area is 180 Å². The zero-order chi connectivity index (χ0) is 20.6. The van der Waals surface area contributed by atoms with Gasteiger partial charge in [-0.25, -0.2) is 4.99 Å². The van der Waals surface area contributed by atoms with Crippen molar-refractivity contribution in [2.24, 2.45) is 4.99 Å². The lowest BCUT2D eigenvalue weighted by Gasteiger charge is -2.28. The highest BCUT2D eigenvalue weighted by Crippen LogP contribution is 2.26. The van der Waals surface area contributed by atoms with Crippen LogP contribution < -0.4 is 5.32 Å². The predicted octanol–water partition coefficient (Wildman–Crippen LogP) is 4.35. The van der Waals surface area contributed by atoms with Gasteiger partial charge in [0.05, 0.1) is 12.1 Å². The Morgan fingerprint density at radius 3 is 2.76 bits per heavy atom. The number of benzene rings is 2. The molecule has 1 fully saturated rings. The van der Waals surface area contributed by atoms with Crippen molar-refractivity contribution < 1.29 is 9.59 Å². The maximum Gasteiger partial charge on any atom is 0.230 e. The number of nitrogens with zero attached hydrogens (tertiary/aromatic N) is 2. The highest BCUT2D eigenvalue weighted by molar-refractivity contribution is 8.13. The number of thioether (sulfide) groups is 1. The molecule has 0 bridgehead atoms. The lowest BCUT2D eigenvalue weighted by atomic mass is 10.1. The minimum absolute atomic E-state index is 0.0332. The van der Waals surface area contributed by atoms with Gasteiger partial charge in [0.2, 0.25) is 11.8 Å². The van der Waals surface area contributed by atoms with E-state index in [2.05, 4.69) is 10.3 Å². The van der Waals surface area contributed by atoms with E-state index in [1.54, 1.807) is 16.7 Å². The van der Waals surface area contributed by atoms with Gasteiger partial charge in [-0.15, -0.1) is 0 Å². The zero-order valence-electron chi connectivity index (χ0n) is 16.4. The second-order valence-corrected chi connectivity index (χ2v) is 8.31. The second kappa shape index (κ2) is 10.5. The summed E-state index contributed by atoms with van der Waals surface area (Å²) in [7, 11) is 0. The summed E-state index contributed by atoms with van der Waals surface area (Å²) in [5.74, 6) is 0.810. The number of halogens is 1. The van der Waals surface area contributed by atoms with Crippen molar-refractivity contribution in [3.05, 3.63) is 64.7 Å². The summed E-state index contributed by atoms with van der Waals surface area (Å²) < 4.78 is 0. The average molecular weight is 430 g/mol. The average Bonchev–Trinajstić information content (AvgIpc) is 2.72. The number of carbonyl (C=O) groups excluding carboxylic acids is 2. The molecule has 0 spiro atoms. The molecule has 0 atom stereocenters. The standard InChI is InChI=1S/C22H24ClN3O2S/c1-16-8-9-18(15-19(16)23)25-22-26(12-5-13-29-22)21(28)10-11-24-20(27)14-17-6-3-2-4-7-17/h2-4,6-9,15H,5,10-14H2,1H3,(H,24,27). The van der Waals surface area contributed by atoms with E-state index in [9.17, 15) is 9.59 Å². The van der Waals surface area contributed by atoms with Crippen LogP contribution in [0, 0.1) is 6.92 Å². The number of hydrogen-bond donors (Lipinski definition) is 1. The van der Waals surface area contributed by atoms with Gasteiger partial charge >= 0.3 is 0 Å². The number of hydrogen-bond acceptors (Lipinski definition) is 4. The molecule has 1 saturated heterocycles. The molecule has 2 aromatic rings. The lowest BCUT2D eigenvalue weighted by molar-refractivity contribution is -0.127. The Morgan fingerprint density at radius 1 is 1.21 bits per heavy atom. The van der Waals surface area contributed by atoms with Gasteiger partial charge in [0.15, 0.2) is 5.17 Å². The van der Waals surface area contributed by atoms with Crippen LogP contribution in [0.3, 0.4) is 0 Å². The van der Waals surface area contributed by atoms with E-state index >= 15 is 0 Å². The molecule has 7 heteroatoms. The number of amides is 2. The number of aliphatic imine (C=N–C) groups is 1. The van der Waals surface area contributed by atoms with Gasteiger partial charge in [0.25, 0.3) is 0 Å². The quantitative estimate of drug-likeness (QED) is 0.742. The fourth-order valence-corrected chi connectivity index (χ4v) is 4.08. The summed E-state index contributed by atoms with van der Waals surface area (Å²) in [6.45, 7) is 2.90. The van der Waals surface area contributed by atoms with Gasteiger partial charge in [-0.3, -0.25) is 14.5 Å². The molecule has 1 aliphatic rings. The van der Waals surface area contributed by atoms with Crippen LogP contribution in [0.1, 0.15) is 24.0 Å². The zero-order valence-corrected chi connectivity index (χ0v) is 17.9. The first kappa shape index (κ1) is 21.4. The van der Waals surface area contributed by atoms with E-state index < -0.39 is 0 Å². The van der Waals surface area contributed by atoms with Crippen LogP contribution in [0.5, 0.6) is 0 Å². The summed E-state index contributed by atoms with van der Waals surface area (Å²) >= 11 is 7.76. The van der Waals surface area contributed by atoms with E-state index in [1.807, 2.05) is 55.5 Å². The van der Waals surface area contributed by atoms with E-state index in [0.29, 0.717) is 29.7 Å². The SMILES string of the molecule is Cc1ccc(N=C2SCCCN2C(=O)CCNC(=O)Cc2ccccc2)cc1Cl. The Bertz CT molecular complexity index is 902. The fraction of sp³-hybridized carbons (Fsp3) is 0.318. The summed E-state index contributed by atoms with van der Waals surface area (Å²) in [5.41, 5.74) is 2.68.